The van der Waals surface area contributed by atoms with E-state index in [2.05, 4.69) is 0 Å². The van der Waals surface area contributed by atoms with Gasteiger partial charge in [-0.15, -0.1) is 0 Å². The average molecular weight is 375 g/mol. The molecule has 0 radical (unpaired) electrons. The van der Waals surface area contributed by atoms with Gasteiger partial charge in [0.15, 0.2) is 0 Å². The number of aliphatic hydroxyl groups is 2. The summed E-state index contributed by atoms with van der Waals surface area (Å²) in [6.07, 6.45) is 6.66. The summed E-state index contributed by atoms with van der Waals surface area (Å²) in [6, 6.07) is 6.69. The van der Waals surface area contributed by atoms with Crippen LogP contribution < -0.4 is 0 Å². The van der Waals surface area contributed by atoms with Crippen LogP contribution in [0.5, 0.6) is 0 Å². The van der Waals surface area contributed by atoms with Gasteiger partial charge in [-0.2, -0.15) is 0 Å². The molecular weight excluding hydrogens is 346 g/mol. The van der Waals surface area contributed by atoms with Gasteiger partial charge in [-0.3, -0.25) is 4.79 Å². The standard InChI is InChI=1S/C21H29NO5/c1-15(23)3-2-4-19(24)11-9-18-10-12-20(25)22(18)14-13-16-5-7-17(8-6-16)21(26)27/h5-9,11,15,18-19,23-24H,2-4,10,12-14H2,1H3,(H,26,27)/b11-9+/t15-,18+,19+/m1/s1. The molecule has 6 nitrogen and oxygen atoms in total. The number of aromatic carboxylic acids is 1. The molecule has 0 unspecified atom stereocenters. The Morgan fingerprint density at radius 1 is 1.26 bits per heavy atom. The fourth-order valence-corrected chi connectivity index (χ4v) is 3.29. The zero-order chi connectivity index (χ0) is 19.8. The minimum Gasteiger partial charge on any atom is -0.478 e. The first kappa shape index (κ1) is 21.1. The topological polar surface area (TPSA) is 98.1 Å². The number of carbonyl (C=O) groups is 2. The molecule has 1 aromatic rings. The zero-order valence-electron chi connectivity index (χ0n) is 15.8. The molecule has 1 aliphatic rings. The average Bonchev–Trinajstić information content (AvgIpc) is 2.98. The van der Waals surface area contributed by atoms with E-state index < -0.39 is 12.1 Å². The van der Waals surface area contributed by atoms with Crippen LogP contribution in [0.15, 0.2) is 36.4 Å². The second kappa shape index (κ2) is 10.2. The summed E-state index contributed by atoms with van der Waals surface area (Å²) in [4.78, 5) is 24.9. The number of carboxylic acid groups (broad SMARTS) is 1. The smallest absolute Gasteiger partial charge is 0.335 e. The highest BCUT2D eigenvalue weighted by Crippen LogP contribution is 2.21. The minimum absolute atomic E-state index is 0.0118. The molecule has 148 valence electrons. The largest absolute Gasteiger partial charge is 0.478 e. The lowest BCUT2D eigenvalue weighted by Gasteiger charge is -2.23. The predicted octanol–water partition coefficient (Wildman–Crippen LogP) is 2.39. The van der Waals surface area contributed by atoms with Crippen LogP contribution in [0, 0.1) is 0 Å². The van der Waals surface area contributed by atoms with Crippen LogP contribution in [-0.4, -0.2) is 56.9 Å². The summed E-state index contributed by atoms with van der Waals surface area (Å²) >= 11 is 0. The first-order chi connectivity index (χ1) is 12.9. The van der Waals surface area contributed by atoms with Crippen molar-refractivity contribution in [1.82, 2.24) is 4.90 Å². The third-order valence-electron chi connectivity index (χ3n) is 4.89. The molecule has 2 rings (SSSR count). The van der Waals surface area contributed by atoms with Crippen molar-refractivity contribution < 1.29 is 24.9 Å². The Hall–Kier alpha value is -2.18. The predicted molar refractivity (Wildman–Crippen MR) is 103 cm³/mol. The number of nitrogens with zero attached hydrogens (tertiary/aromatic N) is 1. The molecule has 0 bridgehead atoms. The number of carboxylic acids is 1. The molecule has 3 atom stereocenters. The van der Waals surface area contributed by atoms with Crippen molar-refractivity contribution in [2.24, 2.45) is 0 Å². The van der Waals surface area contributed by atoms with Gasteiger partial charge in [0.05, 0.1) is 23.8 Å². The lowest BCUT2D eigenvalue weighted by Crippen LogP contribution is -2.33. The summed E-state index contributed by atoms with van der Waals surface area (Å²) < 4.78 is 0. The zero-order valence-corrected chi connectivity index (χ0v) is 15.8. The van der Waals surface area contributed by atoms with E-state index in [0.29, 0.717) is 32.2 Å². The molecule has 0 spiro atoms. The van der Waals surface area contributed by atoms with E-state index in [1.54, 1.807) is 37.3 Å². The normalized spacial score (nSPS) is 19.6. The second-order valence-electron chi connectivity index (χ2n) is 7.18. The van der Waals surface area contributed by atoms with E-state index in [1.165, 1.54) is 0 Å². The summed E-state index contributed by atoms with van der Waals surface area (Å²) in [5.41, 5.74) is 1.24. The molecule has 3 N–H and O–H groups in total. The number of likely N-dealkylation sites (tertiary alicyclic amines) is 1. The monoisotopic (exact) mass is 375 g/mol. The number of aliphatic hydroxyl groups excluding tert-OH is 2. The molecule has 1 fully saturated rings. The molecule has 27 heavy (non-hydrogen) atoms. The van der Waals surface area contributed by atoms with Gasteiger partial charge in [0.1, 0.15) is 0 Å². The molecule has 1 aliphatic heterocycles. The van der Waals surface area contributed by atoms with Gasteiger partial charge < -0.3 is 20.2 Å². The van der Waals surface area contributed by atoms with Crippen molar-refractivity contribution in [3.05, 3.63) is 47.5 Å². The highest BCUT2D eigenvalue weighted by atomic mass is 16.4. The first-order valence-corrected chi connectivity index (χ1v) is 9.53. The number of rotatable bonds is 10. The van der Waals surface area contributed by atoms with Crippen molar-refractivity contribution in [3.8, 4) is 0 Å². The lowest BCUT2D eigenvalue weighted by atomic mass is 10.1. The van der Waals surface area contributed by atoms with Gasteiger partial charge in [0.25, 0.3) is 0 Å². The first-order valence-electron chi connectivity index (χ1n) is 9.53. The van der Waals surface area contributed by atoms with Crippen LogP contribution in [0.25, 0.3) is 0 Å². The molecular formula is C21H29NO5. The Morgan fingerprint density at radius 3 is 2.59 bits per heavy atom. The highest BCUT2D eigenvalue weighted by Gasteiger charge is 2.28. The molecule has 1 heterocycles. The highest BCUT2D eigenvalue weighted by molar-refractivity contribution is 5.87. The number of benzene rings is 1. The molecule has 0 aliphatic carbocycles. The number of carbonyl (C=O) groups excluding carboxylic acids is 1. The van der Waals surface area contributed by atoms with Gasteiger partial charge >= 0.3 is 5.97 Å². The summed E-state index contributed by atoms with van der Waals surface area (Å²) in [7, 11) is 0. The minimum atomic E-state index is -0.950. The van der Waals surface area contributed by atoms with Crippen molar-refractivity contribution in [1.29, 1.82) is 0 Å². The van der Waals surface area contributed by atoms with Crippen molar-refractivity contribution in [3.63, 3.8) is 0 Å². The van der Waals surface area contributed by atoms with E-state index >= 15 is 0 Å². The SMILES string of the molecule is C[C@@H](O)CCC[C@H](O)/C=C/[C@H]1CCC(=O)N1CCc1ccc(C(=O)O)cc1. The second-order valence-corrected chi connectivity index (χ2v) is 7.18. The molecule has 1 saturated heterocycles. The van der Waals surface area contributed by atoms with E-state index in [0.717, 1.165) is 18.4 Å². The third kappa shape index (κ3) is 6.81. The summed E-state index contributed by atoms with van der Waals surface area (Å²) in [5, 5.41) is 28.2. The molecule has 1 amide bonds. The maximum absolute atomic E-state index is 12.2. The van der Waals surface area contributed by atoms with Crippen LogP contribution in [0.1, 0.15) is 54.9 Å². The van der Waals surface area contributed by atoms with E-state index in [9.17, 15) is 19.8 Å². The van der Waals surface area contributed by atoms with Gasteiger partial charge in [-0.1, -0.05) is 24.3 Å². The van der Waals surface area contributed by atoms with Crippen molar-refractivity contribution in [2.75, 3.05) is 6.54 Å². The van der Waals surface area contributed by atoms with Crippen LogP contribution >= 0.6 is 0 Å². The Morgan fingerprint density at radius 2 is 1.96 bits per heavy atom. The van der Waals surface area contributed by atoms with E-state index in [4.69, 9.17) is 5.11 Å². The van der Waals surface area contributed by atoms with Crippen molar-refractivity contribution in [2.45, 2.75) is 63.7 Å². The molecule has 6 heteroatoms. The van der Waals surface area contributed by atoms with Crippen LogP contribution in [0.4, 0.5) is 0 Å². The third-order valence-corrected chi connectivity index (χ3v) is 4.89. The Labute approximate surface area is 160 Å². The van der Waals surface area contributed by atoms with Gasteiger partial charge in [0.2, 0.25) is 5.91 Å². The molecule has 0 saturated carbocycles. The van der Waals surface area contributed by atoms with Crippen molar-refractivity contribution >= 4 is 11.9 Å². The Kier molecular flexibility index (Phi) is 8.00. The fourth-order valence-electron chi connectivity index (χ4n) is 3.29. The maximum atomic E-state index is 12.2. The van der Waals surface area contributed by atoms with Gasteiger partial charge in [-0.25, -0.2) is 4.79 Å². The van der Waals surface area contributed by atoms with Crippen LogP contribution in [-0.2, 0) is 11.2 Å². The summed E-state index contributed by atoms with van der Waals surface area (Å²) in [5.74, 6) is -0.844. The number of amides is 1. The lowest BCUT2D eigenvalue weighted by molar-refractivity contribution is -0.128. The molecule has 0 aromatic heterocycles. The summed E-state index contributed by atoms with van der Waals surface area (Å²) in [6.45, 7) is 2.30. The quantitative estimate of drug-likeness (QED) is 0.546. The van der Waals surface area contributed by atoms with Gasteiger partial charge in [-0.05, 0) is 56.7 Å². The van der Waals surface area contributed by atoms with Gasteiger partial charge in [0, 0.05) is 13.0 Å². The van der Waals surface area contributed by atoms with Crippen LogP contribution in [0.2, 0.25) is 0 Å². The maximum Gasteiger partial charge on any atom is 0.335 e. The Balaban J connectivity index is 1.86. The van der Waals surface area contributed by atoms with Crippen LogP contribution in [0.3, 0.4) is 0 Å². The number of hydrogen-bond donors (Lipinski definition) is 3. The number of hydrogen-bond acceptors (Lipinski definition) is 4. The van der Waals surface area contributed by atoms with E-state index in [1.807, 2.05) is 11.0 Å². The molecule has 1 aromatic carbocycles. The Bertz CT molecular complexity index is 653. The van der Waals surface area contributed by atoms with E-state index in [-0.39, 0.29) is 23.6 Å². The fraction of sp³-hybridized carbons (Fsp3) is 0.524.